The number of nitrogens with zero attached hydrogens (tertiary/aromatic N) is 4. The van der Waals surface area contributed by atoms with E-state index in [4.69, 9.17) is 5.84 Å². The molecule has 1 aromatic carbocycles. The molecule has 0 fully saturated rings. The summed E-state index contributed by atoms with van der Waals surface area (Å²) in [5, 5.41) is 11.3. The van der Waals surface area contributed by atoms with Crippen molar-refractivity contribution in [2.24, 2.45) is 0 Å². The second-order valence-corrected chi connectivity index (χ2v) is 7.64. The number of rotatable bonds is 4. The van der Waals surface area contributed by atoms with E-state index >= 15 is 0 Å². The summed E-state index contributed by atoms with van der Waals surface area (Å²) >= 11 is 2.94. The summed E-state index contributed by atoms with van der Waals surface area (Å²) in [6, 6.07) is 11.1. The second kappa shape index (κ2) is 6.34. The Bertz CT molecular complexity index is 1090. The van der Waals surface area contributed by atoms with Crippen LogP contribution in [0.2, 0.25) is 0 Å². The summed E-state index contributed by atoms with van der Waals surface area (Å²) in [6.07, 6.45) is 0. The van der Waals surface area contributed by atoms with Crippen LogP contribution in [-0.4, -0.2) is 24.8 Å². The fourth-order valence-corrected chi connectivity index (χ4v) is 3.98. The molecule has 0 radical (unpaired) electrons. The molecule has 9 heteroatoms. The lowest BCUT2D eigenvalue weighted by molar-refractivity contribution is 0.835. The maximum Gasteiger partial charge on any atom is 0.258 e. The fourth-order valence-electron chi connectivity index (χ4n) is 2.44. The van der Waals surface area contributed by atoms with Gasteiger partial charge in [-0.05, 0) is 30.5 Å². The summed E-state index contributed by atoms with van der Waals surface area (Å²) in [4.78, 5) is 20.6. The van der Waals surface area contributed by atoms with E-state index in [1.54, 1.807) is 17.4 Å². The molecule has 0 bridgehead atoms. The average Bonchev–Trinajstić information content (AvgIpc) is 3.25. The maximum absolute atomic E-state index is 12.2. The number of aromatic nitrogens is 5. The summed E-state index contributed by atoms with van der Waals surface area (Å²) in [6.45, 7) is 1.94. The van der Waals surface area contributed by atoms with Gasteiger partial charge in [0.25, 0.3) is 5.56 Å². The van der Waals surface area contributed by atoms with Crippen LogP contribution in [0, 0.1) is 0 Å². The number of nitrogens with one attached hydrogen (secondary N) is 1. The van der Waals surface area contributed by atoms with E-state index in [1.165, 1.54) is 16.4 Å². The van der Waals surface area contributed by atoms with Crippen LogP contribution in [0.3, 0.4) is 0 Å². The predicted octanol–water partition coefficient (Wildman–Crippen LogP) is 2.81. The van der Waals surface area contributed by atoms with Crippen molar-refractivity contribution in [1.29, 1.82) is 0 Å². The first kappa shape index (κ1) is 15.9. The first-order valence-electron chi connectivity index (χ1n) is 7.53. The molecule has 0 aliphatic heterocycles. The van der Waals surface area contributed by atoms with Crippen LogP contribution in [0.4, 0.5) is 0 Å². The van der Waals surface area contributed by atoms with Gasteiger partial charge in [0.2, 0.25) is 5.16 Å². The second-order valence-electron chi connectivity index (χ2n) is 5.38. The molecule has 4 rings (SSSR count). The highest BCUT2D eigenvalue weighted by molar-refractivity contribution is 7.99. The SMILES string of the molecule is C[C@H](Sc1nnc(-c2cccs2)n1N)c1nc2ccccc2c(=O)[nH]1. The number of hydrogen-bond acceptors (Lipinski definition) is 7. The highest BCUT2D eigenvalue weighted by Gasteiger charge is 2.18. The van der Waals surface area contributed by atoms with Crippen molar-refractivity contribution in [2.45, 2.75) is 17.3 Å². The van der Waals surface area contributed by atoms with Crippen LogP contribution < -0.4 is 11.4 Å². The van der Waals surface area contributed by atoms with Crippen LogP contribution >= 0.6 is 23.1 Å². The van der Waals surface area contributed by atoms with Gasteiger partial charge in [-0.15, -0.1) is 21.5 Å². The van der Waals surface area contributed by atoms with Gasteiger partial charge in [0.1, 0.15) is 5.82 Å². The van der Waals surface area contributed by atoms with Crippen molar-refractivity contribution < 1.29 is 0 Å². The number of thiophene rings is 1. The van der Waals surface area contributed by atoms with Crippen LogP contribution in [0.25, 0.3) is 21.6 Å². The number of aromatic amines is 1. The number of nitrogens with two attached hydrogens (primary N) is 1. The Kier molecular flexibility index (Phi) is 4.02. The van der Waals surface area contributed by atoms with Crippen molar-refractivity contribution >= 4 is 34.0 Å². The van der Waals surface area contributed by atoms with Gasteiger partial charge in [-0.25, -0.2) is 9.66 Å². The van der Waals surface area contributed by atoms with E-state index in [9.17, 15) is 4.79 Å². The largest absolute Gasteiger partial charge is 0.335 e. The quantitative estimate of drug-likeness (QED) is 0.423. The number of benzene rings is 1. The molecule has 3 heterocycles. The molecule has 0 unspecified atom stereocenters. The van der Waals surface area contributed by atoms with Gasteiger partial charge in [0.15, 0.2) is 5.82 Å². The smallest absolute Gasteiger partial charge is 0.258 e. The number of nitrogen functional groups attached to an aromatic ring is 1. The van der Waals surface area contributed by atoms with Crippen LogP contribution in [0.1, 0.15) is 18.0 Å². The van der Waals surface area contributed by atoms with E-state index in [2.05, 4.69) is 20.2 Å². The molecule has 4 aromatic rings. The lowest BCUT2D eigenvalue weighted by atomic mass is 10.2. The molecule has 0 aliphatic carbocycles. The van der Waals surface area contributed by atoms with Gasteiger partial charge in [0.05, 0.1) is 21.0 Å². The highest BCUT2D eigenvalue weighted by Crippen LogP contribution is 2.33. The van der Waals surface area contributed by atoms with Crippen molar-refractivity contribution in [3.63, 3.8) is 0 Å². The topological polar surface area (TPSA) is 102 Å². The van der Waals surface area contributed by atoms with E-state index < -0.39 is 0 Å². The Balaban J connectivity index is 1.65. The Hall–Kier alpha value is -2.65. The molecule has 3 N–H and O–H groups in total. The van der Waals surface area contributed by atoms with E-state index in [-0.39, 0.29) is 10.8 Å². The number of H-pyrrole nitrogens is 1. The molecule has 0 amide bonds. The third-order valence-electron chi connectivity index (χ3n) is 3.70. The van der Waals surface area contributed by atoms with Crippen molar-refractivity contribution in [3.8, 4) is 10.7 Å². The van der Waals surface area contributed by atoms with Crippen molar-refractivity contribution in [3.05, 3.63) is 58.0 Å². The highest BCUT2D eigenvalue weighted by atomic mass is 32.2. The summed E-state index contributed by atoms with van der Waals surface area (Å²) in [7, 11) is 0. The first-order chi connectivity index (χ1) is 12.1. The monoisotopic (exact) mass is 370 g/mol. The minimum atomic E-state index is -0.151. The minimum absolute atomic E-state index is 0.139. The third kappa shape index (κ3) is 2.92. The Labute approximate surface area is 150 Å². The zero-order valence-electron chi connectivity index (χ0n) is 13.2. The number of hydrogen-bond donors (Lipinski definition) is 2. The summed E-state index contributed by atoms with van der Waals surface area (Å²) in [5.41, 5.74) is 0.517. The molecular weight excluding hydrogens is 356 g/mol. The van der Waals surface area contributed by atoms with Crippen LogP contribution in [0.15, 0.2) is 51.7 Å². The third-order valence-corrected chi connectivity index (χ3v) is 5.64. The van der Waals surface area contributed by atoms with Gasteiger partial charge in [-0.2, -0.15) is 0 Å². The Morgan fingerprint density at radius 2 is 2.08 bits per heavy atom. The number of para-hydroxylation sites is 1. The fraction of sp³-hybridized carbons (Fsp3) is 0.125. The molecular formula is C16H14N6OS2. The molecule has 1 atom stereocenters. The molecule has 0 spiro atoms. The van der Waals surface area contributed by atoms with E-state index in [0.29, 0.717) is 27.7 Å². The molecule has 25 heavy (non-hydrogen) atoms. The summed E-state index contributed by atoms with van der Waals surface area (Å²) in [5.74, 6) is 7.32. The van der Waals surface area contributed by atoms with Gasteiger partial charge in [-0.1, -0.05) is 30.0 Å². The molecule has 0 saturated carbocycles. The predicted molar refractivity (Wildman–Crippen MR) is 100 cm³/mol. The van der Waals surface area contributed by atoms with Gasteiger partial charge >= 0.3 is 0 Å². The molecule has 0 saturated heterocycles. The maximum atomic E-state index is 12.2. The Morgan fingerprint density at radius 3 is 2.88 bits per heavy atom. The zero-order valence-corrected chi connectivity index (χ0v) is 14.8. The first-order valence-corrected chi connectivity index (χ1v) is 9.29. The van der Waals surface area contributed by atoms with Crippen molar-refractivity contribution in [1.82, 2.24) is 24.8 Å². The summed E-state index contributed by atoms with van der Waals surface area (Å²) < 4.78 is 1.46. The lowest BCUT2D eigenvalue weighted by Crippen LogP contribution is -2.14. The molecule has 7 nitrogen and oxygen atoms in total. The normalized spacial score (nSPS) is 12.5. The molecule has 3 aromatic heterocycles. The average molecular weight is 370 g/mol. The zero-order chi connectivity index (χ0) is 17.4. The van der Waals surface area contributed by atoms with Crippen LogP contribution in [-0.2, 0) is 0 Å². The van der Waals surface area contributed by atoms with Gasteiger partial charge in [0, 0.05) is 0 Å². The standard InChI is InChI=1S/C16H14N6OS2/c1-9(13-18-11-6-3-2-5-10(11)15(23)19-13)25-16-21-20-14(22(16)17)12-7-4-8-24-12/h2-9H,17H2,1H3,(H,18,19,23)/t9-/m0/s1. The molecule has 126 valence electrons. The minimum Gasteiger partial charge on any atom is -0.335 e. The van der Waals surface area contributed by atoms with Crippen LogP contribution in [0.5, 0.6) is 0 Å². The number of thioether (sulfide) groups is 1. The van der Waals surface area contributed by atoms with E-state index in [0.717, 1.165) is 4.88 Å². The Morgan fingerprint density at radius 1 is 1.24 bits per heavy atom. The molecule has 0 aliphatic rings. The number of fused-ring (bicyclic) bond motifs is 1. The van der Waals surface area contributed by atoms with Gasteiger partial charge < -0.3 is 10.8 Å². The van der Waals surface area contributed by atoms with Crippen molar-refractivity contribution in [2.75, 3.05) is 5.84 Å². The lowest BCUT2D eigenvalue weighted by Gasteiger charge is -2.10. The van der Waals surface area contributed by atoms with E-state index in [1.807, 2.05) is 42.6 Å². The van der Waals surface area contributed by atoms with Gasteiger partial charge in [-0.3, -0.25) is 4.79 Å².